The zero-order valence-corrected chi connectivity index (χ0v) is 19.6. The monoisotopic (exact) mass is 431 g/mol. The molecule has 4 N–H and O–H groups in total. The lowest BCUT2D eigenvalue weighted by Crippen LogP contribution is -2.53. The Hall–Kier alpha value is -1.44. The van der Waals surface area contributed by atoms with E-state index in [0.717, 1.165) is 24.5 Å². The molecule has 1 unspecified atom stereocenters. The van der Waals surface area contributed by atoms with Gasteiger partial charge in [-0.2, -0.15) is 0 Å². The first-order chi connectivity index (χ1) is 14.2. The van der Waals surface area contributed by atoms with Gasteiger partial charge in [-0.05, 0) is 58.0 Å². The van der Waals surface area contributed by atoms with Crippen molar-refractivity contribution in [3.05, 3.63) is 23.8 Å². The van der Waals surface area contributed by atoms with E-state index in [2.05, 4.69) is 6.92 Å². The Labute approximate surface area is 182 Å². The molecule has 0 spiro atoms. The molecule has 1 aromatic rings. The molecule has 0 saturated carbocycles. The van der Waals surface area contributed by atoms with Crippen LogP contribution in [0.1, 0.15) is 58.4 Å². The first kappa shape index (κ1) is 28.6. The van der Waals surface area contributed by atoms with Crippen LogP contribution in [0.4, 0.5) is 8.78 Å². The fraction of sp³-hybridized carbons (Fsp3) is 0.739. The van der Waals surface area contributed by atoms with Crippen molar-refractivity contribution in [1.29, 1.82) is 0 Å². The Morgan fingerprint density at radius 1 is 1.10 bits per heavy atom. The molecule has 1 fully saturated rings. The normalized spacial score (nSPS) is 15.6. The van der Waals surface area contributed by atoms with E-state index in [4.69, 9.17) is 20.9 Å². The van der Waals surface area contributed by atoms with Crippen LogP contribution in [0.25, 0.3) is 0 Å². The Morgan fingerprint density at radius 2 is 1.73 bits per heavy atom. The topological polar surface area (TPSA) is 73.7 Å². The molecule has 0 bridgehead atoms. The summed E-state index contributed by atoms with van der Waals surface area (Å²) in [6.07, 6.45) is 7.45. The summed E-state index contributed by atoms with van der Waals surface area (Å²) < 4.78 is 34.2. The summed E-state index contributed by atoms with van der Waals surface area (Å²) in [5.74, 6) is -0.821. The smallest absolute Gasteiger partial charge is 0.272 e. The minimum absolute atomic E-state index is 0.0625. The standard InChI is InChI=1S/C12H19NO2.C7H17N.C4H7F2N/c1-4-15-12-8-10(7-9(2)13)5-6-11(12)14-3;1-2-3-4-5-6-7-8;1-7-2-4(5,6)3-7/h5-6,8-9H,4,7,13H2,1-3H3;2-8H2,1H3;2-3H2,1H3. The summed E-state index contributed by atoms with van der Waals surface area (Å²) in [6, 6.07) is 6.09. The third kappa shape index (κ3) is 13.7. The predicted octanol–water partition coefficient (Wildman–Crippen LogP) is 4.47. The largest absolute Gasteiger partial charge is 0.493 e. The van der Waals surface area contributed by atoms with Crippen molar-refractivity contribution in [1.82, 2.24) is 4.90 Å². The highest BCUT2D eigenvalue weighted by Gasteiger charge is 2.41. The molecular formula is C23H43F2N3O2. The van der Waals surface area contributed by atoms with Crippen LogP contribution in [-0.4, -0.2) is 57.3 Å². The van der Waals surface area contributed by atoms with Crippen LogP contribution in [0.2, 0.25) is 0 Å². The van der Waals surface area contributed by atoms with Gasteiger partial charge in [0.25, 0.3) is 5.92 Å². The van der Waals surface area contributed by atoms with Gasteiger partial charge in [-0.15, -0.1) is 0 Å². The van der Waals surface area contributed by atoms with E-state index in [1.54, 1.807) is 19.1 Å². The highest BCUT2D eigenvalue weighted by atomic mass is 19.3. The minimum Gasteiger partial charge on any atom is -0.493 e. The third-order valence-electron chi connectivity index (χ3n) is 4.40. The van der Waals surface area contributed by atoms with Gasteiger partial charge in [-0.25, -0.2) is 8.78 Å². The summed E-state index contributed by atoms with van der Waals surface area (Å²) in [5.41, 5.74) is 12.2. The van der Waals surface area contributed by atoms with Gasteiger partial charge in [0.05, 0.1) is 26.8 Å². The molecule has 1 aliphatic rings. The fourth-order valence-electron chi connectivity index (χ4n) is 2.98. The van der Waals surface area contributed by atoms with Crippen LogP contribution < -0.4 is 20.9 Å². The molecule has 0 amide bonds. The van der Waals surface area contributed by atoms with Crippen molar-refractivity contribution in [3.63, 3.8) is 0 Å². The molecule has 1 aliphatic heterocycles. The maximum atomic E-state index is 11.7. The molecule has 0 aliphatic carbocycles. The molecule has 0 aromatic heterocycles. The molecule has 7 heteroatoms. The summed E-state index contributed by atoms with van der Waals surface area (Å²) in [7, 11) is 3.32. The molecule has 176 valence electrons. The zero-order valence-electron chi connectivity index (χ0n) is 19.6. The van der Waals surface area contributed by atoms with E-state index in [9.17, 15) is 8.78 Å². The van der Waals surface area contributed by atoms with Gasteiger partial charge in [0.15, 0.2) is 11.5 Å². The van der Waals surface area contributed by atoms with Crippen LogP contribution in [-0.2, 0) is 6.42 Å². The summed E-state index contributed by atoms with van der Waals surface area (Å²) in [4.78, 5) is 1.58. The summed E-state index contributed by atoms with van der Waals surface area (Å²) >= 11 is 0. The Bertz CT molecular complexity index is 543. The number of unbranched alkanes of at least 4 members (excludes halogenated alkanes) is 4. The molecule has 5 nitrogen and oxygen atoms in total. The first-order valence-electron chi connectivity index (χ1n) is 11.0. The van der Waals surface area contributed by atoms with Crippen molar-refractivity contribution in [2.45, 2.75) is 71.3 Å². The number of ether oxygens (including phenoxy) is 2. The average molecular weight is 432 g/mol. The van der Waals surface area contributed by atoms with Crippen LogP contribution in [0.5, 0.6) is 11.5 Å². The maximum absolute atomic E-state index is 11.7. The quantitative estimate of drug-likeness (QED) is 0.535. The van der Waals surface area contributed by atoms with Gasteiger partial charge < -0.3 is 20.9 Å². The van der Waals surface area contributed by atoms with Crippen LogP contribution >= 0.6 is 0 Å². The predicted molar refractivity (Wildman–Crippen MR) is 122 cm³/mol. The third-order valence-corrected chi connectivity index (χ3v) is 4.40. The second-order valence-corrected chi connectivity index (χ2v) is 7.83. The molecule has 1 heterocycles. The number of methoxy groups -OCH3 is 1. The number of nitrogens with two attached hydrogens (primary N) is 2. The van der Waals surface area contributed by atoms with Crippen molar-refractivity contribution in [2.24, 2.45) is 11.5 Å². The summed E-state index contributed by atoms with van der Waals surface area (Å²) in [5, 5.41) is 0. The Balaban J connectivity index is 0.000000471. The van der Waals surface area contributed by atoms with Gasteiger partial charge in [0, 0.05) is 6.04 Å². The number of alkyl halides is 2. The van der Waals surface area contributed by atoms with E-state index < -0.39 is 5.92 Å². The lowest BCUT2D eigenvalue weighted by molar-refractivity contribution is -0.119. The molecule has 1 aromatic carbocycles. The molecule has 2 rings (SSSR count). The number of hydrogen-bond acceptors (Lipinski definition) is 5. The molecule has 0 radical (unpaired) electrons. The second kappa shape index (κ2) is 16.3. The molecule has 30 heavy (non-hydrogen) atoms. The zero-order chi connectivity index (χ0) is 23.0. The Morgan fingerprint density at radius 3 is 2.13 bits per heavy atom. The SMILES string of the molecule is CCCCCCCN.CCOc1cc(CC(C)N)ccc1OC.CN1CC(F)(F)C1. The van der Waals surface area contributed by atoms with E-state index in [0.29, 0.717) is 6.61 Å². The molecule has 1 saturated heterocycles. The van der Waals surface area contributed by atoms with Gasteiger partial charge in [-0.1, -0.05) is 38.7 Å². The highest BCUT2D eigenvalue weighted by Crippen LogP contribution is 2.28. The van der Waals surface area contributed by atoms with Crippen molar-refractivity contribution < 1.29 is 18.3 Å². The molecule has 1 atom stereocenters. The number of rotatable bonds is 10. The maximum Gasteiger partial charge on any atom is 0.272 e. The minimum atomic E-state index is -2.38. The molecular weight excluding hydrogens is 388 g/mol. The first-order valence-corrected chi connectivity index (χ1v) is 11.0. The van der Waals surface area contributed by atoms with Crippen LogP contribution in [0.15, 0.2) is 18.2 Å². The average Bonchev–Trinajstić information content (AvgIpc) is 2.65. The van der Waals surface area contributed by atoms with Gasteiger partial charge >= 0.3 is 0 Å². The van der Waals surface area contributed by atoms with E-state index in [1.165, 1.54) is 37.7 Å². The number of hydrogen-bond donors (Lipinski definition) is 2. The lowest BCUT2D eigenvalue weighted by atomic mass is 10.1. The fourth-order valence-corrected chi connectivity index (χ4v) is 2.98. The highest BCUT2D eigenvalue weighted by molar-refractivity contribution is 5.43. The number of nitrogens with zero attached hydrogens (tertiary/aromatic N) is 1. The van der Waals surface area contributed by atoms with Crippen LogP contribution in [0.3, 0.4) is 0 Å². The Kier molecular flexibility index (Phi) is 15.5. The van der Waals surface area contributed by atoms with Gasteiger partial charge in [0.1, 0.15) is 0 Å². The summed E-state index contributed by atoms with van der Waals surface area (Å²) in [6.45, 7) is 7.55. The van der Waals surface area contributed by atoms with E-state index in [-0.39, 0.29) is 19.1 Å². The van der Waals surface area contributed by atoms with E-state index in [1.807, 2.05) is 32.0 Å². The van der Waals surface area contributed by atoms with Crippen molar-refractivity contribution in [2.75, 3.05) is 40.4 Å². The van der Waals surface area contributed by atoms with Crippen LogP contribution in [0, 0.1) is 0 Å². The number of likely N-dealkylation sites (tertiary alicyclic amines) is 1. The number of benzene rings is 1. The van der Waals surface area contributed by atoms with Crippen molar-refractivity contribution in [3.8, 4) is 11.5 Å². The van der Waals surface area contributed by atoms with E-state index >= 15 is 0 Å². The lowest BCUT2D eigenvalue weighted by Gasteiger charge is -2.35. The van der Waals surface area contributed by atoms with Crippen molar-refractivity contribution >= 4 is 0 Å². The number of halogens is 2. The van der Waals surface area contributed by atoms with Gasteiger partial charge in [0.2, 0.25) is 0 Å². The van der Waals surface area contributed by atoms with Gasteiger partial charge in [-0.3, -0.25) is 4.90 Å². The second-order valence-electron chi connectivity index (χ2n) is 7.83.